The molecular weight excluding hydrogens is 418 g/mol. The summed E-state index contributed by atoms with van der Waals surface area (Å²) in [5.41, 5.74) is 2.01. The number of carbonyl (C=O) groups excluding carboxylic acids is 1. The molecule has 11 heteroatoms. The number of hydrogen-bond donors (Lipinski definition) is 2. The summed E-state index contributed by atoms with van der Waals surface area (Å²) < 4.78 is 40.5. The van der Waals surface area contributed by atoms with Crippen molar-refractivity contribution in [3.63, 3.8) is 0 Å². The molecular formula is C19H12F2N4O4S. The van der Waals surface area contributed by atoms with Crippen molar-refractivity contribution in [2.24, 2.45) is 0 Å². The molecule has 0 spiro atoms. The summed E-state index contributed by atoms with van der Waals surface area (Å²) in [7, 11) is 0. The van der Waals surface area contributed by atoms with E-state index in [4.69, 9.17) is 4.42 Å². The minimum absolute atomic E-state index is 0.0138. The minimum Gasteiger partial charge on any atom is -0.411 e. The number of anilines is 1. The number of aromatic amines is 1. The first-order valence-corrected chi connectivity index (χ1v) is 9.68. The SMILES string of the molecule is O=C(CSc1nnc(-c2c[nH]c3ccccc23)o1)Nc1ccc2c(c1)OC(F)(F)O2. The Balaban J connectivity index is 1.22. The summed E-state index contributed by atoms with van der Waals surface area (Å²) >= 11 is 1.06. The highest BCUT2D eigenvalue weighted by Gasteiger charge is 2.43. The molecule has 0 saturated heterocycles. The van der Waals surface area contributed by atoms with Crippen molar-refractivity contribution >= 4 is 34.3 Å². The third kappa shape index (κ3) is 3.54. The number of hydrogen-bond acceptors (Lipinski definition) is 7. The molecule has 1 aliphatic heterocycles. The second-order valence-electron chi connectivity index (χ2n) is 6.29. The van der Waals surface area contributed by atoms with Gasteiger partial charge in [0.2, 0.25) is 5.91 Å². The fourth-order valence-corrected chi connectivity index (χ4v) is 3.54. The number of halogens is 2. The molecule has 8 nitrogen and oxygen atoms in total. The van der Waals surface area contributed by atoms with Gasteiger partial charge in [0.15, 0.2) is 11.5 Å². The molecule has 0 saturated carbocycles. The zero-order chi connectivity index (χ0) is 20.7. The molecule has 2 aromatic heterocycles. The molecule has 0 bridgehead atoms. The van der Waals surface area contributed by atoms with Crippen molar-refractivity contribution in [2.45, 2.75) is 11.5 Å². The van der Waals surface area contributed by atoms with E-state index in [0.29, 0.717) is 11.6 Å². The van der Waals surface area contributed by atoms with E-state index in [0.717, 1.165) is 28.2 Å². The molecule has 0 atom stereocenters. The number of nitrogens with zero attached hydrogens (tertiary/aromatic N) is 2. The van der Waals surface area contributed by atoms with Gasteiger partial charge in [-0.3, -0.25) is 4.79 Å². The van der Waals surface area contributed by atoms with Gasteiger partial charge in [-0.05, 0) is 18.2 Å². The Morgan fingerprint density at radius 3 is 2.87 bits per heavy atom. The lowest BCUT2D eigenvalue weighted by molar-refractivity contribution is -0.286. The zero-order valence-electron chi connectivity index (χ0n) is 15.0. The highest BCUT2D eigenvalue weighted by molar-refractivity contribution is 7.99. The van der Waals surface area contributed by atoms with Gasteiger partial charge in [0.1, 0.15) is 0 Å². The lowest BCUT2D eigenvalue weighted by Gasteiger charge is -2.05. The predicted molar refractivity (Wildman–Crippen MR) is 104 cm³/mol. The first kappa shape index (κ1) is 18.4. The lowest BCUT2D eigenvalue weighted by Crippen LogP contribution is -2.25. The number of benzene rings is 2. The fourth-order valence-electron chi connectivity index (χ4n) is 2.98. The Labute approximate surface area is 171 Å². The van der Waals surface area contributed by atoms with E-state index in [1.165, 1.54) is 18.2 Å². The van der Waals surface area contributed by atoms with Crippen LogP contribution in [-0.4, -0.2) is 33.1 Å². The molecule has 0 fully saturated rings. The number of H-pyrrole nitrogens is 1. The smallest absolute Gasteiger partial charge is 0.411 e. The van der Waals surface area contributed by atoms with Crippen LogP contribution in [0.5, 0.6) is 11.5 Å². The molecule has 0 radical (unpaired) electrons. The lowest BCUT2D eigenvalue weighted by atomic mass is 10.2. The standard InChI is InChI=1S/C19H12F2N4O4S/c20-19(21)28-14-6-5-10(7-15(14)29-19)23-16(26)9-30-18-25-24-17(27-18)12-8-22-13-4-2-1-3-11(12)13/h1-8,22H,9H2,(H,23,26). The molecule has 4 aromatic rings. The van der Waals surface area contributed by atoms with E-state index in [2.05, 4.69) is 30.0 Å². The number of thioether (sulfide) groups is 1. The Bertz CT molecular complexity index is 1260. The summed E-state index contributed by atoms with van der Waals surface area (Å²) in [5, 5.41) is 11.8. The van der Waals surface area contributed by atoms with E-state index in [1.54, 1.807) is 6.20 Å². The summed E-state index contributed by atoms with van der Waals surface area (Å²) in [5.74, 6) is -0.293. The largest absolute Gasteiger partial charge is 0.586 e. The van der Waals surface area contributed by atoms with Crippen molar-refractivity contribution in [3.8, 4) is 23.0 Å². The van der Waals surface area contributed by atoms with Gasteiger partial charge in [-0.1, -0.05) is 30.0 Å². The van der Waals surface area contributed by atoms with Crippen LogP contribution in [0.25, 0.3) is 22.4 Å². The van der Waals surface area contributed by atoms with Crippen molar-refractivity contribution in [1.82, 2.24) is 15.2 Å². The van der Waals surface area contributed by atoms with Crippen LogP contribution in [0.3, 0.4) is 0 Å². The number of ether oxygens (including phenoxy) is 2. The van der Waals surface area contributed by atoms with Crippen LogP contribution >= 0.6 is 11.8 Å². The van der Waals surface area contributed by atoms with E-state index in [1.807, 2.05) is 24.3 Å². The maximum Gasteiger partial charge on any atom is 0.586 e. The van der Waals surface area contributed by atoms with Crippen LogP contribution in [-0.2, 0) is 4.79 Å². The predicted octanol–water partition coefficient (Wildman–Crippen LogP) is 4.27. The average Bonchev–Trinajstić information content (AvgIpc) is 3.41. The molecule has 5 rings (SSSR count). The van der Waals surface area contributed by atoms with E-state index in [9.17, 15) is 13.6 Å². The summed E-state index contributed by atoms with van der Waals surface area (Å²) in [4.78, 5) is 15.3. The topological polar surface area (TPSA) is 102 Å². The Morgan fingerprint density at radius 1 is 1.13 bits per heavy atom. The number of rotatable bonds is 5. The first-order chi connectivity index (χ1) is 14.5. The van der Waals surface area contributed by atoms with E-state index in [-0.39, 0.29) is 28.4 Å². The van der Waals surface area contributed by atoms with E-state index >= 15 is 0 Å². The number of alkyl halides is 2. The summed E-state index contributed by atoms with van der Waals surface area (Å²) in [6, 6.07) is 11.7. The third-order valence-electron chi connectivity index (χ3n) is 4.24. The number of amides is 1. The van der Waals surface area contributed by atoms with Crippen molar-refractivity contribution < 1.29 is 27.5 Å². The second-order valence-corrected chi connectivity index (χ2v) is 7.21. The fraction of sp³-hybridized carbons (Fsp3) is 0.105. The maximum absolute atomic E-state index is 13.1. The minimum atomic E-state index is -3.71. The highest BCUT2D eigenvalue weighted by atomic mass is 32.2. The monoisotopic (exact) mass is 430 g/mol. The van der Waals surface area contributed by atoms with Gasteiger partial charge in [0.25, 0.3) is 11.1 Å². The van der Waals surface area contributed by atoms with Gasteiger partial charge < -0.3 is 24.2 Å². The third-order valence-corrected chi connectivity index (χ3v) is 5.06. The second kappa shape index (κ2) is 7.02. The van der Waals surface area contributed by atoms with Gasteiger partial charge in [0, 0.05) is 28.9 Å². The molecule has 0 unspecified atom stereocenters. The number of fused-ring (bicyclic) bond motifs is 2. The molecule has 1 aliphatic rings. The quantitative estimate of drug-likeness (QED) is 0.456. The Hall–Kier alpha value is -3.60. The van der Waals surface area contributed by atoms with E-state index < -0.39 is 6.29 Å². The van der Waals surface area contributed by atoms with Crippen LogP contribution in [0.2, 0.25) is 0 Å². The van der Waals surface area contributed by atoms with Crippen LogP contribution in [0.4, 0.5) is 14.5 Å². The van der Waals surface area contributed by atoms with Gasteiger partial charge >= 0.3 is 6.29 Å². The molecule has 2 N–H and O–H groups in total. The number of para-hydroxylation sites is 1. The highest BCUT2D eigenvalue weighted by Crippen LogP contribution is 2.42. The molecule has 152 valence electrons. The maximum atomic E-state index is 13.1. The average molecular weight is 430 g/mol. The molecule has 0 aliphatic carbocycles. The number of carbonyl (C=O) groups is 1. The van der Waals surface area contributed by atoms with Crippen molar-refractivity contribution in [2.75, 3.05) is 11.1 Å². The van der Waals surface area contributed by atoms with Gasteiger partial charge in [0.05, 0.1) is 11.3 Å². The number of aromatic nitrogens is 3. The summed E-state index contributed by atoms with van der Waals surface area (Å²) in [6.45, 7) is 0. The van der Waals surface area contributed by atoms with Crippen LogP contribution < -0.4 is 14.8 Å². The van der Waals surface area contributed by atoms with Crippen molar-refractivity contribution in [3.05, 3.63) is 48.7 Å². The molecule has 30 heavy (non-hydrogen) atoms. The Morgan fingerprint density at radius 2 is 1.97 bits per heavy atom. The van der Waals surface area contributed by atoms with Crippen LogP contribution in [0.15, 0.2) is 58.3 Å². The van der Waals surface area contributed by atoms with Gasteiger partial charge in [-0.25, -0.2) is 0 Å². The first-order valence-electron chi connectivity index (χ1n) is 8.69. The van der Waals surface area contributed by atoms with Crippen LogP contribution in [0.1, 0.15) is 0 Å². The van der Waals surface area contributed by atoms with Crippen LogP contribution in [0, 0.1) is 0 Å². The Kier molecular flexibility index (Phi) is 4.31. The molecule has 3 heterocycles. The number of nitrogens with one attached hydrogen (secondary N) is 2. The van der Waals surface area contributed by atoms with Crippen molar-refractivity contribution in [1.29, 1.82) is 0 Å². The van der Waals surface area contributed by atoms with Gasteiger partial charge in [-0.15, -0.1) is 19.0 Å². The molecule has 2 aromatic carbocycles. The summed E-state index contributed by atoms with van der Waals surface area (Å²) in [6.07, 6.45) is -1.93. The van der Waals surface area contributed by atoms with Gasteiger partial charge in [-0.2, -0.15) is 0 Å². The molecule has 1 amide bonds. The normalized spacial score (nSPS) is 14.2. The zero-order valence-corrected chi connectivity index (χ0v) is 15.8.